The van der Waals surface area contributed by atoms with Crippen molar-refractivity contribution in [3.8, 4) is 0 Å². The largest absolute Gasteiger partial charge is 0.374 e. The third-order valence-corrected chi connectivity index (χ3v) is 4.58. The molecule has 0 N–H and O–H groups in total. The Morgan fingerprint density at radius 2 is 0.810 bits per heavy atom. The topological polar surface area (TPSA) is 9.23 Å². The molecule has 0 heterocycles. The fourth-order valence-corrected chi connectivity index (χ4v) is 3.70. The van der Waals surface area contributed by atoms with Gasteiger partial charge in [0.25, 0.3) is 0 Å². The van der Waals surface area contributed by atoms with Gasteiger partial charge in [-0.05, 0) is 48.3 Å². The Bertz CT molecular complexity index is 280. The van der Waals surface area contributed by atoms with Gasteiger partial charge in [0.1, 0.15) is 0 Å². The van der Waals surface area contributed by atoms with Gasteiger partial charge in [0.2, 0.25) is 0 Å². The molecule has 0 saturated carbocycles. The van der Waals surface area contributed by atoms with Crippen LogP contribution in [-0.4, -0.2) is 12.2 Å². The summed E-state index contributed by atoms with van der Waals surface area (Å²) in [6.45, 7) is 27.7. The molecule has 0 radical (unpaired) electrons. The predicted molar refractivity (Wildman–Crippen MR) is 95.7 cm³/mol. The van der Waals surface area contributed by atoms with Crippen LogP contribution < -0.4 is 0 Å². The summed E-state index contributed by atoms with van der Waals surface area (Å²) in [5.41, 5.74) is 1.07. The molecular weight excluding hydrogens is 256 g/mol. The summed E-state index contributed by atoms with van der Waals surface area (Å²) in [5.74, 6) is 0. The summed E-state index contributed by atoms with van der Waals surface area (Å²) in [6, 6.07) is 0. The van der Waals surface area contributed by atoms with Gasteiger partial charge >= 0.3 is 0 Å². The maximum atomic E-state index is 6.47. The SMILES string of the molecule is CC(OC(C)C(C)(C)CC(C)(C)C)C(C)(C)CC(C)(C)C. The van der Waals surface area contributed by atoms with E-state index in [9.17, 15) is 0 Å². The molecule has 0 rings (SSSR count). The number of hydrogen-bond acceptors (Lipinski definition) is 1. The Morgan fingerprint density at radius 3 is 1.00 bits per heavy atom. The van der Waals surface area contributed by atoms with E-state index in [1.54, 1.807) is 0 Å². The van der Waals surface area contributed by atoms with Crippen LogP contribution in [-0.2, 0) is 4.74 Å². The minimum Gasteiger partial charge on any atom is -0.374 e. The molecule has 0 aliphatic heterocycles. The van der Waals surface area contributed by atoms with Gasteiger partial charge in [0, 0.05) is 0 Å². The first kappa shape index (κ1) is 21.0. The second kappa shape index (κ2) is 6.60. The van der Waals surface area contributed by atoms with Crippen LogP contribution in [0.3, 0.4) is 0 Å². The van der Waals surface area contributed by atoms with E-state index in [1.165, 1.54) is 12.8 Å². The normalized spacial score (nSPS) is 17.7. The zero-order valence-corrected chi connectivity index (χ0v) is 17.0. The second-order valence-electron chi connectivity index (χ2n) is 10.9. The fraction of sp³-hybridized carbons (Fsp3) is 1.00. The first-order valence-corrected chi connectivity index (χ1v) is 8.62. The summed E-state index contributed by atoms with van der Waals surface area (Å²) in [4.78, 5) is 0. The van der Waals surface area contributed by atoms with Crippen molar-refractivity contribution in [2.75, 3.05) is 0 Å². The van der Waals surface area contributed by atoms with Gasteiger partial charge in [-0.15, -0.1) is 0 Å². The van der Waals surface area contributed by atoms with E-state index in [1.807, 2.05) is 0 Å². The molecular formula is C20H42O. The minimum atomic E-state index is 0.199. The first-order chi connectivity index (χ1) is 8.96. The number of rotatable bonds is 6. The van der Waals surface area contributed by atoms with Crippen molar-refractivity contribution < 1.29 is 4.74 Å². The van der Waals surface area contributed by atoms with Crippen molar-refractivity contribution in [3.63, 3.8) is 0 Å². The molecule has 0 aliphatic carbocycles. The molecule has 0 aromatic carbocycles. The highest BCUT2D eigenvalue weighted by atomic mass is 16.5. The van der Waals surface area contributed by atoms with Crippen LogP contribution in [0.1, 0.15) is 95.9 Å². The van der Waals surface area contributed by atoms with Crippen LogP contribution in [0.2, 0.25) is 0 Å². The molecule has 0 fully saturated rings. The quantitative estimate of drug-likeness (QED) is 0.530. The van der Waals surface area contributed by atoms with Gasteiger partial charge in [0.15, 0.2) is 0 Å². The molecule has 2 atom stereocenters. The summed E-state index contributed by atoms with van der Waals surface area (Å²) in [7, 11) is 0. The van der Waals surface area contributed by atoms with Crippen molar-refractivity contribution in [2.45, 2.75) is 108 Å². The van der Waals surface area contributed by atoms with Gasteiger partial charge in [-0.1, -0.05) is 69.2 Å². The van der Waals surface area contributed by atoms with Gasteiger partial charge in [0.05, 0.1) is 12.2 Å². The van der Waals surface area contributed by atoms with E-state index in [0.29, 0.717) is 10.8 Å². The maximum absolute atomic E-state index is 6.47. The number of ether oxygens (including phenoxy) is 1. The highest BCUT2D eigenvalue weighted by Gasteiger charge is 2.37. The molecule has 0 amide bonds. The van der Waals surface area contributed by atoms with Crippen LogP contribution in [0.15, 0.2) is 0 Å². The van der Waals surface area contributed by atoms with E-state index in [-0.39, 0.29) is 23.0 Å². The van der Waals surface area contributed by atoms with E-state index in [0.717, 1.165) is 0 Å². The molecule has 0 aromatic rings. The minimum absolute atomic E-state index is 0.199. The molecule has 21 heavy (non-hydrogen) atoms. The van der Waals surface area contributed by atoms with Crippen LogP contribution in [0.25, 0.3) is 0 Å². The zero-order chi connectivity index (χ0) is 17.3. The molecule has 0 aliphatic rings. The average molecular weight is 299 g/mol. The monoisotopic (exact) mass is 298 g/mol. The third kappa shape index (κ3) is 8.24. The van der Waals surface area contributed by atoms with Crippen LogP contribution in [0.5, 0.6) is 0 Å². The van der Waals surface area contributed by atoms with E-state index in [4.69, 9.17) is 4.74 Å². The summed E-state index contributed by atoms with van der Waals surface area (Å²) < 4.78 is 6.47. The standard InChI is InChI=1S/C20H42O/c1-15(19(9,10)13-17(3,4)5)21-16(2)20(11,12)14-18(6,7)8/h15-16H,13-14H2,1-12H3. The van der Waals surface area contributed by atoms with Crippen LogP contribution in [0, 0.1) is 21.7 Å². The molecule has 1 nitrogen and oxygen atoms in total. The molecule has 128 valence electrons. The molecule has 2 unspecified atom stereocenters. The van der Waals surface area contributed by atoms with Crippen molar-refractivity contribution in [2.24, 2.45) is 21.7 Å². The lowest BCUT2D eigenvalue weighted by molar-refractivity contribution is -0.113. The lowest BCUT2D eigenvalue weighted by atomic mass is 9.72. The van der Waals surface area contributed by atoms with Crippen LogP contribution >= 0.6 is 0 Å². The highest BCUT2D eigenvalue weighted by molar-refractivity contribution is 4.86. The fourth-order valence-electron chi connectivity index (χ4n) is 3.70. The molecule has 0 saturated heterocycles. The Kier molecular flexibility index (Phi) is 6.59. The number of hydrogen-bond donors (Lipinski definition) is 0. The third-order valence-electron chi connectivity index (χ3n) is 4.58. The molecule has 1 heteroatoms. The smallest absolute Gasteiger partial charge is 0.0601 e. The highest BCUT2D eigenvalue weighted by Crippen LogP contribution is 2.41. The van der Waals surface area contributed by atoms with E-state index >= 15 is 0 Å². The van der Waals surface area contributed by atoms with Crippen molar-refractivity contribution in [1.29, 1.82) is 0 Å². The Balaban J connectivity index is 4.80. The summed E-state index contributed by atoms with van der Waals surface area (Å²) >= 11 is 0. The van der Waals surface area contributed by atoms with Crippen LogP contribution in [0.4, 0.5) is 0 Å². The molecule has 0 spiro atoms. The van der Waals surface area contributed by atoms with Gasteiger partial charge < -0.3 is 4.74 Å². The zero-order valence-electron chi connectivity index (χ0n) is 17.0. The van der Waals surface area contributed by atoms with Gasteiger partial charge in [-0.25, -0.2) is 0 Å². The van der Waals surface area contributed by atoms with Gasteiger partial charge in [-0.3, -0.25) is 0 Å². The Labute approximate surface area is 135 Å². The lowest BCUT2D eigenvalue weighted by Gasteiger charge is -2.43. The maximum Gasteiger partial charge on any atom is 0.0601 e. The van der Waals surface area contributed by atoms with E-state index < -0.39 is 0 Å². The lowest BCUT2D eigenvalue weighted by Crippen LogP contribution is -2.41. The van der Waals surface area contributed by atoms with Crippen molar-refractivity contribution in [3.05, 3.63) is 0 Å². The average Bonchev–Trinajstić information content (AvgIpc) is 2.08. The Morgan fingerprint density at radius 1 is 0.571 bits per heavy atom. The second-order valence-corrected chi connectivity index (χ2v) is 10.9. The van der Waals surface area contributed by atoms with Gasteiger partial charge in [-0.2, -0.15) is 0 Å². The summed E-state index contributed by atoms with van der Waals surface area (Å²) in [5, 5.41) is 0. The molecule has 0 aromatic heterocycles. The summed E-state index contributed by atoms with van der Waals surface area (Å²) in [6.07, 6.45) is 2.89. The molecule has 0 bridgehead atoms. The Hall–Kier alpha value is -0.0400. The van der Waals surface area contributed by atoms with E-state index in [2.05, 4.69) is 83.1 Å². The first-order valence-electron chi connectivity index (χ1n) is 8.62. The van der Waals surface area contributed by atoms with Crippen molar-refractivity contribution in [1.82, 2.24) is 0 Å². The predicted octanol–water partition coefficient (Wildman–Crippen LogP) is 6.70. The van der Waals surface area contributed by atoms with Crippen molar-refractivity contribution >= 4 is 0 Å².